The topological polar surface area (TPSA) is 96.0 Å². The van der Waals surface area contributed by atoms with Crippen LogP contribution < -0.4 is 14.4 Å². The van der Waals surface area contributed by atoms with Crippen molar-refractivity contribution in [2.24, 2.45) is 0 Å². The van der Waals surface area contributed by atoms with E-state index in [1.165, 1.54) is 4.31 Å². The van der Waals surface area contributed by atoms with Crippen LogP contribution in [-0.4, -0.2) is 57.6 Å². The van der Waals surface area contributed by atoms with Crippen molar-refractivity contribution in [2.45, 2.75) is 52.6 Å². The second-order valence-corrected chi connectivity index (χ2v) is 10.8. The Morgan fingerprint density at radius 3 is 2.33 bits per heavy atom. The van der Waals surface area contributed by atoms with Crippen molar-refractivity contribution in [3.63, 3.8) is 0 Å². The number of nitrogens with zero attached hydrogens (tertiary/aromatic N) is 2. The SMILES string of the molecule is CCNC(=O)[C@H](CC)N(Cc1ccc(OC)cc1)C(=O)CCCN(c1cccc(Cl)c1C)S(C)(=O)=O. The number of ether oxygens (including phenoxy) is 1. The van der Waals surface area contributed by atoms with Crippen LogP contribution in [0.4, 0.5) is 5.69 Å². The number of sulfonamides is 1. The quantitative estimate of drug-likeness (QED) is 0.414. The fraction of sp³-hybridized carbons (Fsp3) is 0.462. The lowest BCUT2D eigenvalue weighted by molar-refractivity contribution is -0.141. The Labute approximate surface area is 219 Å². The Bertz CT molecular complexity index is 1140. The van der Waals surface area contributed by atoms with Crippen LogP contribution in [0.3, 0.4) is 0 Å². The minimum atomic E-state index is -3.60. The largest absolute Gasteiger partial charge is 0.497 e. The molecule has 36 heavy (non-hydrogen) atoms. The third-order valence-electron chi connectivity index (χ3n) is 5.91. The summed E-state index contributed by atoms with van der Waals surface area (Å²) in [5, 5.41) is 3.28. The van der Waals surface area contributed by atoms with Gasteiger partial charge >= 0.3 is 0 Å². The van der Waals surface area contributed by atoms with Gasteiger partial charge in [0.1, 0.15) is 11.8 Å². The van der Waals surface area contributed by atoms with Crippen molar-refractivity contribution in [1.82, 2.24) is 10.2 Å². The average Bonchev–Trinajstić information content (AvgIpc) is 2.83. The highest BCUT2D eigenvalue weighted by molar-refractivity contribution is 7.92. The van der Waals surface area contributed by atoms with Gasteiger partial charge in [0.05, 0.1) is 19.1 Å². The van der Waals surface area contributed by atoms with Crippen molar-refractivity contribution in [3.05, 3.63) is 58.6 Å². The van der Waals surface area contributed by atoms with Gasteiger partial charge in [-0.2, -0.15) is 0 Å². The van der Waals surface area contributed by atoms with Gasteiger partial charge in [-0.3, -0.25) is 13.9 Å². The van der Waals surface area contributed by atoms with E-state index in [1.807, 2.05) is 38.1 Å². The van der Waals surface area contributed by atoms with E-state index in [2.05, 4.69) is 5.32 Å². The number of amides is 2. The number of halogens is 1. The first-order chi connectivity index (χ1) is 17.0. The van der Waals surface area contributed by atoms with E-state index in [4.69, 9.17) is 16.3 Å². The Balaban J connectivity index is 2.23. The normalized spacial score (nSPS) is 12.1. The Morgan fingerprint density at radius 1 is 1.11 bits per heavy atom. The van der Waals surface area contributed by atoms with Crippen molar-refractivity contribution >= 4 is 39.1 Å². The van der Waals surface area contributed by atoms with E-state index in [0.717, 1.165) is 11.8 Å². The van der Waals surface area contributed by atoms with Gasteiger partial charge in [0, 0.05) is 31.1 Å². The van der Waals surface area contributed by atoms with Crippen LogP contribution in [0.15, 0.2) is 42.5 Å². The molecule has 2 aromatic rings. The van der Waals surface area contributed by atoms with Crippen LogP contribution in [0.1, 0.15) is 44.2 Å². The van der Waals surface area contributed by atoms with E-state index >= 15 is 0 Å². The molecule has 2 rings (SSSR count). The molecule has 0 heterocycles. The summed E-state index contributed by atoms with van der Waals surface area (Å²) in [6, 6.07) is 11.8. The number of carbonyl (C=O) groups is 2. The van der Waals surface area contributed by atoms with E-state index in [0.29, 0.717) is 35.0 Å². The van der Waals surface area contributed by atoms with Crippen molar-refractivity contribution < 1.29 is 22.7 Å². The molecule has 0 aliphatic carbocycles. The van der Waals surface area contributed by atoms with Crippen LogP contribution in [0.2, 0.25) is 5.02 Å². The molecule has 0 spiro atoms. The maximum atomic E-state index is 13.4. The molecule has 198 valence electrons. The molecule has 1 N–H and O–H groups in total. The van der Waals surface area contributed by atoms with Gasteiger partial charge in [0.15, 0.2) is 0 Å². The lowest BCUT2D eigenvalue weighted by atomic mass is 10.1. The molecule has 10 heteroatoms. The minimum absolute atomic E-state index is 0.0810. The maximum absolute atomic E-state index is 13.4. The maximum Gasteiger partial charge on any atom is 0.242 e. The summed E-state index contributed by atoms with van der Waals surface area (Å²) >= 11 is 6.21. The van der Waals surface area contributed by atoms with Gasteiger partial charge < -0.3 is 15.0 Å². The highest BCUT2D eigenvalue weighted by atomic mass is 35.5. The Hall–Kier alpha value is -2.78. The zero-order valence-corrected chi connectivity index (χ0v) is 23.2. The van der Waals surface area contributed by atoms with Crippen molar-refractivity contribution in [1.29, 1.82) is 0 Å². The molecule has 1 atom stereocenters. The zero-order valence-electron chi connectivity index (χ0n) is 21.6. The van der Waals surface area contributed by atoms with Gasteiger partial charge in [0.25, 0.3) is 0 Å². The summed E-state index contributed by atoms with van der Waals surface area (Å²) in [5.74, 6) is 0.263. The Kier molecular flexibility index (Phi) is 11.0. The van der Waals surface area contributed by atoms with E-state index in [-0.39, 0.29) is 37.7 Å². The number of nitrogens with one attached hydrogen (secondary N) is 1. The molecule has 2 amide bonds. The van der Waals surface area contributed by atoms with Gasteiger partial charge in [-0.1, -0.05) is 36.7 Å². The number of hydrogen-bond acceptors (Lipinski definition) is 5. The molecule has 0 unspecified atom stereocenters. The predicted molar refractivity (Wildman–Crippen MR) is 144 cm³/mol. The molecule has 0 bridgehead atoms. The van der Waals surface area contributed by atoms with Crippen LogP contribution in [-0.2, 0) is 26.2 Å². The smallest absolute Gasteiger partial charge is 0.242 e. The number of rotatable bonds is 13. The summed E-state index contributed by atoms with van der Waals surface area (Å²) < 4.78 is 31.6. The van der Waals surface area contributed by atoms with Gasteiger partial charge in [-0.05, 0) is 62.1 Å². The lowest BCUT2D eigenvalue weighted by Gasteiger charge is -2.31. The zero-order chi connectivity index (χ0) is 26.9. The van der Waals surface area contributed by atoms with Gasteiger partial charge in [-0.25, -0.2) is 8.42 Å². The number of benzene rings is 2. The highest BCUT2D eigenvalue weighted by Gasteiger charge is 2.28. The molecule has 2 aromatic carbocycles. The number of methoxy groups -OCH3 is 1. The summed E-state index contributed by atoms with van der Waals surface area (Å²) in [6.45, 7) is 6.28. The van der Waals surface area contributed by atoms with E-state index in [1.54, 1.807) is 37.1 Å². The molecular formula is C26H36ClN3O5S. The summed E-state index contributed by atoms with van der Waals surface area (Å²) in [6.07, 6.45) is 1.94. The molecule has 0 aromatic heterocycles. The third-order valence-corrected chi connectivity index (χ3v) is 7.50. The third kappa shape index (κ3) is 7.86. The standard InChI is InChI=1S/C26H36ClN3O5S/c1-6-23(26(32)28-7-2)29(18-20-13-15-21(35-4)16-14-20)25(31)12-9-17-30(36(5,33)34)24-11-8-10-22(27)19(24)3/h8,10-11,13-16,23H,6-7,9,12,17-18H2,1-5H3,(H,28,32)/t23-/m0/s1. The minimum Gasteiger partial charge on any atom is -0.497 e. The molecular weight excluding hydrogens is 502 g/mol. The predicted octanol–water partition coefficient (Wildman–Crippen LogP) is 4.15. The summed E-state index contributed by atoms with van der Waals surface area (Å²) in [4.78, 5) is 27.7. The van der Waals surface area contributed by atoms with Crippen LogP contribution in [0.5, 0.6) is 5.75 Å². The first kappa shape index (κ1) is 29.5. The average molecular weight is 538 g/mol. The van der Waals surface area contributed by atoms with Crippen LogP contribution in [0.25, 0.3) is 0 Å². The molecule has 0 radical (unpaired) electrons. The summed E-state index contributed by atoms with van der Waals surface area (Å²) in [7, 11) is -2.02. The van der Waals surface area contributed by atoms with Crippen molar-refractivity contribution in [3.8, 4) is 5.75 Å². The first-order valence-corrected chi connectivity index (χ1v) is 14.2. The molecule has 0 saturated heterocycles. The number of likely N-dealkylation sites (N-methyl/N-ethyl adjacent to an activating group) is 1. The van der Waals surface area contributed by atoms with Crippen LogP contribution in [0, 0.1) is 6.92 Å². The second kappa shape index (κ2) is 13.5. The molecule has 0 aliphatic rings. The number of carbonyl (C=O) groups excluding carboxylic acids is 2. The summed E-state index contributed by atoms with van der Waals surface area (Å²) in [5.41, 5.74) is 2.00. The number of hydrogen-bond donors (Lipinski definition) is 1. The fourth-order valence-corrected chi connectivity index (χ4v) is 5.17. The van der Waals surface area contributed by atoms with Crippen molar-refractivity contribution in [2.75, 3.05) is 30.8 Å². The molecule has 0 saturated carbocycles. The van der Waals surface area contributed by atoms with E-state index < -0.39 is 16.1 Å². The highest BCUT2D eigenvalue weighted by Crippen LogP contribution is 2.28. The van der Waals surface area contributed by atoms with Gasteiger partial charge in [-0.15, -0.1) is 0 Å². The fourth-order valence-electron chi connectivity index (χ4n) is 3.99. The first-order valence-electron chi connectivity index (χ1n) is 12.0. The lowest BCUT2D eigenvalue weighted by Crippen LogP contribution is -2.49. The molecule has 0 fully saturated rings. The Morgan fingerprint density at radius 2 is 1.78 bits per heavy atom. The monoisotopic (exact) mass is 537 g/mol. The van der Waals surface area contributed by atoms with Crippen LogP contribution >= 0.6 is 11.6 Å². The molecule has 8 nitrogen and oxygen atoms in total. The number of anilines is 1. The second-order valence-electron chi connectivity index (χ2n) is 8.51. The molecule has 0 aliphatic heterocycles. The van der Waals surface area contributed by atoms with Gasteiger partial charge in [0.2, 0.25) is 21.8 Å². The van der Waals surface area contributed by atoms with E-state index in [9.17, 15) is 18.0 Å².